The van der Waals surface area contributed by atoms with Crippen molar-refractivity contribution in [3.63, 3.8) is 0 Å². The van der Waals surface area contributed by atoms with Crippen molar-refractivity contribution in [3.05, 3.63) is 0 Å². The Hall–Kier alpha value is 0.250. The van der Waals surface area contributed by atoms with Crippen LogP contribution in [-0.4, -0.2) is 6.04 Å². The molecule has 0 amide bonds. The summed E-state index contributed by atoms with van der Waals surface area (Å²) in [5.41, 5.74) is 7.04. The van der Waals surface area contributed by atoms with E-state index in [-0.39, 0.29) is 12.4 Å². The quantitative estimate of drug-likeness (QED) is 0.661. The Morgan fingerprint density at radius 3 is 2.50 bits per heavy atom. The van der Waals surface area contributed by atoms with Crippen LogP contribution in [0.2, 0.25) is 0 Å². The van der Waals surface area contributed by atoms with Crippen LogP contribution in [0.4, 0.5) is 0 Å². The molecule has 1 nitrogen and oxygen atoms in total. The third-order valence-corrected chi connectivity index (χ3v) is 5.29. The lowest BCUT2D eigenvalue weighted by Crippen LogP contribution is -2.44. The van der Waals surface area contributed by atoms with Crippen LogP contribution in [0.15, 0.2) is 0 Å². The maximum atomic E-state index is 6.42. The Bertz CT molecular complexity index is 226. The highest BCUT2D eigenvalue weighted by Gasteiger charge is 2.58. The molecule has 14 heavy (non-hydrogen) atoms. The minimum Gasteiger partial charge on any atom is -0.327 e. The molecule has 0 radical (unpaired) electrons. The number of nitrogens with two attached hydrogens (primary N) is 1. The summed E-state index contributed by atoms with van der Waals surface area (Å²) in [7, 11) is 0. The smallest absolute Gasteiger partial charge is 0.0127 e. The maximum Gasteiger partial charge on any atom is 0.0127 e. The van der Waals surface area contributed by atoms with Crippen LogP contribution < -0.4 is 5.73 Å². The predicted octanol–water partition coefficient (Wildman–Crippen LogP) is 2.97. The molecule has 3 saturated carbocycles. The molecule has 0 aromatic heterocycles. The summed E-state index contributed by atoms with van der Waals surface area (Å²) < 4.78 is 0. The lowest BCUT2D eigenvalue weighted by atomic mass is 9.68. The molecule has 0 aliphatic heterocycles. The van der Waals surface area contributed by atoms with Gasteiger partial charge in [-0.15, -0.1) is 12.4 Å². The number of halogens is 1. The molecule has 0 heterocycles. The average molecular weight is 216 g/mol. The zero-order valence-electron chi connectivity index (χ0n) is 9.04. The number of fused-ring (bicyclic) bond motifs is 3. The molecular weight excluding hydrogens is 194 g/mol. The molecule has 2 heteroatoms. The Morgan fingerprint density at radius 1 is 1.21 bits per heavy atom. The first-order valence-corrected chi connectivity index (χ1v) is 5.98. The molecule has 1 spiro atoms. The van der Waals surface area contributed by atoms with E-state index in [1.165, 1.54) is 38.5 Å². The van der Waals surface area contributed by atoms with E-state index < -0.39 is 0 Å². The first kappa shape index (κ1) is 10.8. The van der Waals surface area contributed by atoms with E-state index in [2.05, 4.69) is 6.92 Å². The summed E-state index contributed by atoms with van der Waals surface area (Å²) in [4.78, 5) is 0. The van der Waals surface area contributed by atoms with Crippen molar-refractivity contribution in [1.82, 2.24) is 0 Å². The van der Waals surface area contributed by atoms with Gasteiger partial charge in [0.1, 0.15) is 0 Å². The van der Waals surface area contributed by atoms with Crippen LogP contribution >= 0.6 is 12.4 Å². The largest absolute Gasteiger partial charge is 0.327 e. The molecular formula is C12H22ClN. The van der Waals surface area contributed by atoms with Crippen LogP contribution in [-0.2, 0) is 0 Å². The third kappa shape index (κ3) is 1.18. The maximum absolute atomic E-state index is 6.42. The van der Waals surface area contributed by atoms with E-state index in [1.54, 1.807) is 0 Å². The first-order chi connectivity index (χ1) is 6.22. The van der Waals surface area contributed by atoms with Gasteiger partial charge in [-0.1, -0.05) is 13.3 Å². The van der Waals surface area contributed by atoms with E-state index in [0.717, 1.165) is 17.8 Å². The number of hydrogen-bond acceptors (Lipinski definition) is 1. The van der Waals surface area contributed by atoms with Gasteiger partial charge in [0.25, 0.3) is 0 Å². The van der Waals surface area contributed by atoms with Crippen molar-refractivity contribution in [1.29, 1.82) is 0 Å². The molecule has 0 aromatic rings. The van der Waals surface area contributed by atoms with Gasteiger partial charge in [-0.25, -0.2) is 0 Å². The molecule has 3 fully saturated rings. The average Bonchev–Trinajstić information content (AvgIpc) is 2.73. The lowest BCUT2D eigenvalue weighted by molar-refractivity contribution is 0.134. The normalized spacial score (nSPS) is 55.3. The second-order valence-corrected chi connectivity index (χ2v) is 5.88. The van der Waals surface area contributed by atoms with Crippen molar-refractivity contribution in [2.75, 3.05) is 0 Å². The van der Waals surface area contributed by atoms with Gasteiger partial charge in [0.05, 0.1) is 0 Å². The topological polar surface area (TPSA) is 26.0 Å². The molecule has 3 rings (SSSR count). The SMILES string of the molecule is C[C@H]1CC[C@@]2(C1)[C@H]1CC[C@H](C1)[C@H]2N.Cl. The Balaban J connectivity index is 0.000000750. The minimum absolute atomic E-state index is 0. The van der Waals surface area contributed by atoms with Gasteiger partial charge in [-0.2, -0.15) is 0 Å². The van der Waals surface area contributed by atoms with Gasteiger partial charge in [0.2, 0.25) is 0 Å². The fourth-order valence-electron chi connectivity index (χ4n) is 4.65. The van der Waals surface area contributed by atoms with E-state index in [1.807, 2.05) is 0 Å². The fourth-order valence-corrected chi connectivity index (χ4v) is 4.65. The molecule has 2 N–H and O–H groups in total. The monoisotopic (exact) mass is 215 g/mol. The van der Waals surface area contributed by atoms with Gasteiger partial charge >= 0.3 is 0 Å². The second kappa shape index (κ2) is 3.38. The Kier molecular flexibility index (Phi) is 2.60. The standard InChI is InChI=1S/C12H21N.ClH/c1-8-4-5-12(7-8)10-3-2-9(6-10)11(12)13;/h8-11H,2-7,13H2,1H3;1H/t8-,9+,10-,11+,12+;/m0./s1. The van der Waals surface area contributed by atoms with Gasteiger partial charge in [-0.3, -0.25) is 0 Å². The zero-order valence-corrected chi connectivity index (χ0v) is 9.85. The summed E-state index contributed by atoms with van der Waals surface area (Å²) in [5, 5.41) is 0. The molecule has 2 bridgehead atoms. The van der Waals surface area contributed by atoms with Crippen molar-refractivity contribution in [2.45, 2.75) is 51.5 Å². The summed E-state index contributed by atoms with van der Waals surface area (Å²) in [6, 6.07) is 0.566. The minimum atomic E-state index is 0. The summed E-state index contributed by atoms with van der Waals surface area (Å²) in [5.74, 6) is 2.86. The molecule has 3 aliphatic rings. The zero-order chi connectivity index (χ0) is 9.05. The van der Waals surface area contributed by atoms with Crippen LogP contribution in [0.25, 0.3) is 0 Å². The fraction of sp³-hybridized carbons (Fsp3) is 1.00. The van der Waals surface area contributed by atoms with E-state index in [0.29, 0.717) is 11.5 Å². The molecule has 0 aromatic carbocycles. The van der Waals surface area contributed by atoms with Crippen LogP contribution in [0.3, 0.4) is 0 Å². The highest BCUT2D eigenvalue weighted by Crippen LogP contribution is 2.62. The first-order valence-electron chi connectivity index (χ1n) is 5.98. The van der Waals surface area contributed by atoms with Gasteiger partial charge in [-0.05, 0) is 55.3 Å². The van der Waals surface area contributed by atoms with Crippen molar-refractivity contribution in [2.24, 2.45) is 28.9 Å². The van der Waals surface area contributed by atoms with Crippen LogP contribution in [0.1, 0.15) is 45.4 Å². The van der Waals surface area contributed by atoms with Crippen LogP contribution in [0, 0.1) is 23.2 Å². The molecule has 0 saturated heterocycles. The van der Waals surface area contributed by atoms with Crippen molar-refractivity contribution < 1.29 is 0 Å². The van der Waals surface area contributed by atoms with Gasteiger partial charge < -0.3 is 5.73 Å². The van der Waals surface area contributed by atoms with Crippen molar-refractivity contribution >= 4 is 12.4 Å². The van der Waals surface area contributed by atoms with Gasteiger partial charge in [0.15, 0.2) is 0 Å². The molecule has 5 atom stereocenters. The number of hydrogen-bond donors (Lipinski definition) is 1. The Labute approximate surface area is 93.2 Å². The summed E-state index contributed by atoms with van der Waals surface area (Å²) >= 11 is 0. The summed E-state index contributed by atoms with van der Waals surface area (Å²) in [6.45, 7) is 2.41. The van der Waals surface area contributed by atoms with E-state index in [4.69, 9.17) is 5.73 Å². The summed E-state index contributed by atoms with van der Waals surface area (Å²) in [6.07, 6.45) is 8.71. The van der Waals surface area contributed by atoms with Crippen LogP contribution in [0.5, 0.6) is 0 Å². The highest BCUT2D eigenvalue weighted by molar-refractivity contribution is 5.85. The van der Waals surface area contributed by atoms with Crippen molar-refractivity contribution in [3.8, 4) is 0 Å². The second-order valence-electron chi connectivity index (χ2n) is 5.88. The number of rotatable bonds is 0. The lowest BCUT2D eigenvalue weighted by Gasteiger charge is -2.39. The molecule has 82 valence electrons. The predicted molar refractivity (Wildman–Crippen MR) is 61.5 cm³/mol. The van der Waals surface area contributed by atoms with E-state index in [9.17, 15) is 0 Å². The van der Waals surface area contributed by atoms with E-state index >= 15 is 0 Å². The Morgan fingerprint density at radius 2 is 2.00 bits per heavy atom. The molecule has 0 unspecified atom stereocenters. The van der Waals surface area contributed by atoms with Gasteiger partial charge in [0, 0.05) is 6.04 Å². The highest BCUT2D eigenvalue weighted by atomic mass is 35.5. The molecule has 3 aliphatic carbocycles. The third-order valence-electron chi connectivity index (χ3n) is 5.29.